The quantitative estimate of drug-likeness (QED) is 0.681. The zero-order chi connectivity index (χ0) is 17.3. The summed E-state index contributed by atoms with van der Waals surface area (Å²) in [7, 11) is 1.87. The van der Waals surface area contributed by atoms with E-state index in [4.69, 9.17) is 0 Å². The van der Waals surface area contributed by atoms with Gasteiger partial charge in [0.15, 0.2) is 5.65 Å². The number of nitrogens with zero attached hydrogens (tertiary/aromatic N) is 6. The molecule has 5 rings (SSSR count). The van der Waals surface area contributed by atoms with E-state index in [0.717, 1.165) is 41.9 Å². The zero-order valence-electron chi connectivity index (χ0n) is 14.6. The van der Waals surface area contributed by atoms with Crippen molar-refractivity contribution in [3.8, 4) is 0 Å². The van der Waals surface area contributed by atoms with Crippen LogP contribution in [0.4, 0.5) is 0 Å². The molecule has 2 atom stereocenters. The average Bonchev–Trinajstić information content (AvgIpc) is 3.23. The summed E-state index contributed by atoms with van der Waals surface area (Å²) in [6, 6.07) is 2.31. The van der Waals surface area contributed by atoms with Gasteiger partial charge in [-0.25, -0.2) is 9.50 Å². The SMILES string of the molecule is Cc1cc2ncc3c(n2n1)C[C@@H]1CC[C@@H]3N1C(=O)c1cnn(C)c1C. The van der Waals surface area contributed by atoms with E-state index >= 15 is 0 Å². The Labute approximate surface area is 145 Å². The Bertz CT molecular complexity index is 1020. The van der Waals surface area contributed by atoms with E-state index in [1.54, 1.807) is 10.9 Å². The van der Waals surface area contributed by atoms with E-state index < -0.39 is 0 Å². The highest BCUT2D eigenvalue weighted by molar-refractivity contribution is 5.96. The van der Waals surface area contributed by atoms with Crippen molar-refractivity contribution in [3.63, 3.8) is 0 Å². The smallest absolute Gasteiger partial charge is 0.258 e. The van der Waals surface area contributed by atoms with Crippen molar-refractivity contribution in [2.75, 3.05) is 0 Å². The van der Waals surface area contributed by atoms with Crippen molar-refractivity contribution in [1.29, 1.82) is 0 Å². The zero-order valence-corrected chi connectivity index (χ0v) is 14.6. The van der Waals surface area contributed by atoms with Gasteiger partial charge in [-0.3, -0.25) is 9.48 Å². The van der Waals surface area contributed by atoms with Crippen molar-refractivity contribution in [3.05, 3.63) is 46.7 Å². The van der Waals surface area contributed by atoms with Gasteiger partial charge in [-0.2, -0.15) is 10.2 Å². The van der Waals surface area contributed by atoms with Gasteiger partial charge in [0.2, 0.25) is 0 Å². The summed E-state index contributed by atoms with van der Waals surface area (Å²) in [5.74, 6) is 0.0838. The molecule has 0 N–H and O–H groups in total. The van der Waals surface area contributed by atoms with Gasteiger partial charge in [-0.05, 0) is 26.7 Å². The third-order valence-electron chi connectivity index (χ3n) is 5.73. The molecule has 0 saturated carbocycles. The van der Waals surface area contributed by atoms with Gasteiger partial charge >= 0.3 is 0 Å². The molecule has 1 saturated heterocycles. The molecular formula is C18H20N6O. The van der Waals surface area contributed by atoms with Gasteiger partial charge < -0.3 is 4.90 Å². The second-order valence-electron chi connectivity index (χ2n) is 7.15. The Hall–Kier alpha value is -2.70. The molecule has 3 aromatic rings. The fourth-order valence-corrected chi connectivity index (χ4v) is 4.36. The van der Waals surface area contributed by atoms with Crippen LogP contribution in [0.2, 0.25) is 0 Å². The van der Waals surface area contributed by atoms with Crippen LogP contribution in [0.1, 0.15) is 51.9 Å². The van der Waals surface area contributed by atoms with Crippen LogP contribution in [0.25, 0.3) is 5.65 Å². The molecule has 2 bridgehead atoms. The minimum atomic E-state index is 0.0838. The second kappa shape index (κ2) is 4.91. The van der Waals surface area contributed by atoms with Crippen LogP contribution in [-0.2, 0) is 13.5 Å². The minimum absolute atomic E-state index is 0.0838. The normalized spacial score (nSPS) is 21.8. The summed E-state index contributed by atoms with van der Waals surface area (Å²) in [4.78, 5) is 19.8. The fourth-order valence-electron chi connectivity index (χ4n) is 4.36. The summed E-state index contributed by atoms with van der Waals surface area (Å²) in [5, 5.41) is 8.84. The van der Waals surface area contributed by atoms with E-state index in [1.807, 2.05) is 37.7 Å². The topological polar surface area (TPSA) is 68.3 Å². The molecule has 25 heavy (non-hydrogen) atoms. The highest BCUT2D eigenvalue weighted by atomic mass is 16.2. The van der Waals surface area contributed by atoms with E-state index in [9.17, 15) is 4.79 Å². The van der Waals surface area contributed by atoms with E-state index in [0.29, 0.717) is 5.56 Å². The monoisotopic (exact) mass is 336 g/mol. The Morgan fingerprint density at radius 1 is 1.24 bits per heavy atom. The van der Waals surface area contributed by atoms with Crippen LogP contribution in [-0.4, -0.2) is 41.2 Å². The molecule has 0 aliphatic carbocycles. The molecule has 128 valence electrons. The lowest BCUT2D eigenvalue weighted by Crippen LogP contribution is -2.42. The number of fused-ring (bicyclic) bond motifs is 6. The van der Waals surface area contributed by atoms with Crippen molar-refractivity contribution in [2.45, 2.75) is 45.2 Å². The Morgan fingerprint density at radius 3 is 2.84 bits per heavy atom. The summed E-state index contributed by atoms with van der Waals surface area (Å²) >= 11 is 0. The summed E-state index contributed by atoms with van der Waals surface area (Å²) in [6.07, 6.45) is 6.46. The summed E-state index contributed by atoms with van der Waals surface area (Å²) < 4.78 is 3.72. The Morgan fingerprint density at radius 2 is 2.08 bits per heavy atom. The molecule has 0 spiro atoms. The maximum atomic E-state index is 13.2. The van der Waals surface area contributed by atoms with E-state index in [1.165, 1.54) is 5.69 Å². The first-order valence-corrected chi connectivity index (χ1v) is 8.70. The van der Waals surface area contributed by atoms with E-state index in [-0.39, 0.29) is 18.0 Å². The van der Waals surface area contributed by atoms with Gasteiger partial charge in [-0.1, -0.05) is 0 Å². The lowest BCUT2D eigenvalue weighted by atomic mass is 9.98. The number of rotatable bonds is 1. The molecule has 5 heterocycles. The predicted molar refractivity (Wildman–Crippen MR) is 91.3 cm³/mol. The molecule has 7 nitrogen and oxygen atoms in total. The summed E-state index contributed by atoms with van der Waals surface area (Å²) in [6.45, 7) is 3.93. The van der Waals surface area contributed by atoms with Crippen LogP contribution in [0.3, 0.4) is 0 Å². The second-order valence-corrected chi connectivity index (χ2v) is 7.15. The van der Waals surface area contributed by atoms with Crippen LogP contribution >= 0.6 is 0 Å². The van der Waals surface area contributed by atoms with Crippen LogP contribution < -0.4 is 0 Å². The highest BCUT2D eigenvalue weighted by Gasteiger charge is 2.44. The molecule has 0 aromatic carbocycles. The van der Waals surface area contributed by atoms with Gasteiger partial charge in [-0.15, -0.1) is 0 Å². The molecule has 2 aliphatic rings. The number of aryl methyl sites for hydroxylation is 2. The average molecular weight is 336 g/mol. The molecular weight excluding hydrogens is 316 g/mol. The molecule has 0 radical (unpaired) electrons. The third kappa shape index (κ3) is 1.92. The van der Waals surface area contributed by atoms with Gasteiger partial charge in [0, 0.05) is 43.0 Å². The standard InChI is InChI=1S/C18H20N6O/c1-10-6-17-19-8-14-15-5-4-12(7-16(14)24(17)21-10)23(15)18(25)13-9-20-22(3)11(13)2/h6,8-9,12,15H,4-5,7H2,1-3H3/t12-,15-/m0/s1. The lowest BCUT2D eigenvalue weighted by Gasteiger charge is -2.36. The lowest BCUT2D eigenvalue weighted by molar-refractivity contribution is 0.0642. The Balaban J connectivity index is 1.61. The first-order valence-electron chi connectivity index (χ1n) is 8.70. The van der Waals surface area contributed by atoms with Crippen LogP contribution in [0, 0.1) is 13.8 Å². The molecule has 2 aliphatic heterocycles. The summed E-state index contributed by atoms with van der Waals surface area (Å²) in [5.41, 5.74) is 5.81. The molecule has 1 fully saturated rings. The maximum Gasteiger partial charge on any atom is 0.258 e. The first kappa shape index (κ1) is 14.6. The first-order chi connectivity index (χ1) is 12.0. The van der Waals surface area contributed by atoms with Gasteiger partial charge in [0.1, 0.15) is 0 Å². The van der Waals surface area contributed by atoms with Crippen molar-refractivity contribution < 1.29 is 4.79 Å². The highest BCUT2D eigenvalue weighted by Crippen LogP contribution is 2.44. The Kier molecular flexibility index (Phi) is 2.87. The number of aromatic nitrogens is 5. The largest absolute Gasteiger partial charge is 0.328 e. The molecule has 3 aromatic heterocycles. The minimum Gasteiger partial charge on any atom is -0.328 e. The molecule has 7 heteroatoms. The maximum absolute atomic E-state index is 13.2. The van der Waals surface area contributed by atoms with Crippen LogP contribution in [0.15, 0.2) is 18.5 Å². The fraction of sp³-hybridized carbons (Fsp3) is 0.444. The molecule has 1 amide bonds. The predicted octanol–water partition coefficient (Wildman–Crippen LogP) is 1.98. The van der Waals surface area contributed by atoms with Gasteiger partial charge in [0.25, 0.3) is 5.91 Å². The number of amides is 1. The number of hydrogen-bond donors (Lipinski definition) is 0. The van der Waals surface area contributed by atoms with Gasteiger partial charge in [0.05, 0.1) is 29.2 Å². The third-order valence-corrected chi connectivity index (χ3v) is 5.73. The molecule has 0 unspecified atom stereocenters. The van der Waals surface area contributed by atoms with Crippen molar-refractivity contribution >= 4 is 11.6 Å². The van der Waals surface area contributed by atoms with Crippen molar-refractivity contribution in [1.82, 2.24) is 29.3 Å². The van der Waals surface area contributed by atoms with Crippen molar-refractivity contribution in [2.24, 2.45) is 7.05 Å². The number of hydrogen-bond acceptors (Lipinski definition) is 4. The number of carbonyl (C=O) groups excluding carboxylic acids is 1. The van der Waals surface area contributed by atoms with E-state index in [2.05, 4.69) is 20.1 Å². The van der Waals surface area contributed by atoms with Crippen LogP contribution in [0.5, 0.6) is 0 Å². The number of carbonyl (C=O) groups is 1.